The molecule has 1 amide bonds. The van der Waals surface area contributed by atoms with E-state index in [-0.39, 0.29) is 16.3 Å². The van der Waals surface area contributed by atoms with E-state index in [1.807, 2.05) is 32.0 Å². The quantitative estimate of drug-likeness (QED) is 0.465. The number of amides is 1. The average molecular weight is 398 g/mol. The summed E-state index contributed by atoms with van der Waals surface area (Å²) in [6, 6.07) is 12.8. The molecule has 0 radical (unpaired) electrons. The molecule has 0 saturated carbocycles. The lowest BCUT2D eigenvalue weighted by Crippen LogP contribution is -2.14. The molecule has 0 fully saturated rings. The fourth-order valence-electron chi connectivity index (χ4n) is 2.46. The molecule has 0 atom stereocenters. The fourth-order valence-corrected chi connectivity index (χ4v) is 2.63. The van der Waals surface area contributed by atoms with E-state index in [1.165, 1.54) is 18.3 Å². The van der Waals surface area contributed by atoms with E-state index >= 15 is 0 Å². The molecule has 142 valence electrons. The highest BCUT2D eigenvalue weighted by Crippen LogP contribution is 2.25. The van der Waals surface area contributed by atoms with E-state index in [9.17, 15) is 14.9 Å². The minimum absolute atomic E-state index is 0.0927. The zero-order valence-corrected chi connectivity index (χ0v) is 15.9. The van der Waals surface area contributed by atoms with Gasteiger partial charge in [0.2, 0.25) is 5.88 Å². The topological polar surface area (TPSA) is 94.4 Å². The third-order valence-electron chi connectivity index (χ3n) is 4.10. The number of anilines is 1. The zero-order valence-electron chi connectivity index (χ0n) is 15.1. The second kappa shape index (κ2) is 8.06. The Kier molecular flexibility index (Phi) is 5.56. The number of benzene rings is 2. The number of pyridine rings is 1. The molecule has 3 aromatic rings. The van der Waals surface area contributed by atoms with Gasteiger partial charge in [-0.3, -0.25) is 14.9 Å². The molecule has 0 aliphatic rings. The molecule has 0 saturated heterocycles. The van der Waals surface area contributed by atoms with Crippen molar-refractivity contribution in [1.29, 1.82) is 0 Å². The summed E-state index contributed by atoms with van der Waals surface area (Å²) in [5, 5.41) is 13.9. The first-order valence-electron chi connectivity index (χ1n) is 8.30. The third kappa shape index (κ3) is 4.44. The first kappa shape index (κ1) is 19.3. The minimum atomic E-state index is -0.653. The molecule has 0 spiro atoms. The van der Waals surface area contributed by atoms with Gasteiger partial charge in [0.25, 0.3) is 11.6 Å². The van der Waals surface area contributed by atoms with Gasteiger partial charge in [0.05, 0.1) is 16.8 Å². The summed E-state index contributed by atoms with van der Waals surface area (Å²) < 4.78 is 5.69. The Morgan fingerprint density at radius 3 is 2.54 bits per heavy atom. The average Bonchev–Trinajstić information content (AvgIpc) is 2.66. The molecule has 1 heterocycles. The Morgan fingerprint density at radius 2 is 1.89 bits per heavy atom. The van der Waals surface area contributed by atoms with Gasteiger partial charge in [-0.05, 0) is 55.3 Å². The van der Waals surface area contributed by atoms with E-state index in [1.54, 1.807) is 12.1 Å². The van der Waals surface area contributed by atoms with Crippen molar-refractivity contribution in [2.75, 3.05) is 5.32 Å². The van der Waals surface area contributed by atoms with E-state index < -0.39 is 10.8 Å². The maximum Gasteiger partial charge on any atom is 0.283 e. The number of hydrogen-bond donors (Lipinski definition) is 1. The molecule has 0 unspecified atom stereocenters. The van der Waals surface area contributed by atoms with Crippen LogP contribution < -0.4 is 10.1 Å². The number of nitrogens with zero attached hydrogens (tertiary/aromatic N) is 2. The number of halogens is 1. The van der Waals surface area contributed by atoms with Crippen molar-refractivity contribution < 1.29 is 14.5 Å². The van der Waals surface area contributed by atoms with Crippen LogP contribution in [0.4, 0.5) is 11.4 Å². The number of aryl methyl sites for hydroxylation is 2. The number of carbonyl (C=O) groups is 1. The molecule has 28 heavy (non-hydrogen) atoms. The minimum Gasteiger partial charge on any atom is -0.439 e. The molecular formula is C20H16ClN3O4. The Bertz CT molecular complexity index is 1050. The second-order valence-corrected chi connectivity index (χ2v) is 6.54. The van der Waals surface area contributed by atoms with Gasteiger partial charge in [-0.15, -0.1) is 0 Å². The van der Waals surface area contributed by atoms with Crippen LogP contribution in [-0.2, 0) is 0 Å². The maximum atomic E-state index is 12.4. The van der Waals surface area contributed by atoms with Crippen molar-refractivity contribution in [3.8, 4) is 11.6 Å². The summed E-state index contributed by atoms with van der Waals surface area (Å²) in [5.74, 6) is 0.385. The predicted molar refractivity (Wildman–Crippen MR) is 106 cm³/mol. The molecule has 1 N–H and O–H groups in total. The number of nitrogens with one attached hydrogen (secondary N) is 1. The molecule has 3 rings (SSSR count). The summed E-state index contributed by atoms with van der Waals surface area (Å²) in [7, 11) is 0. The van der Waals surface area contributed by atoms with Gasteiger partial charge in [0, 0.05) is 17.2 Å². The van der Waals surface area contributed by atoms with Crippen LogP contribution in [0.1, 0.15) is 21.5 Å². The van der Waals surface area contributed by atoms with E-state index in [2.05, 4.69) is 10.3 Å². The lowest BCUT2D eigenvalue weighted by Gasteiger charge is -2.09. The van der Waals surface area contributed by atoms with Gasteiger partial charge < -0.3 is 10.1 Å². The van der Waals surface area contributed by atoms with Crippen LogP contribution in [-0.4, -0.2) is 15.8 Å². The first-order chi connectivity index (χ1) is 13.3. The number of ether oxygens (including phenoxy) is 1. The van der Waals surface area contributed by atoms with Crippen LogP contribution in [0.25, 0.3) is 0 Å². The highest BCUT2D eigenvalue weighted by Gasteiger charge is 2.20. The number of rotatable bonds is 5. The zero-order chi connectivity index (χ0) is 20.3. The van der Waals surface area contributed by atoms with Gasteiger partial charge in [-0.25, -0.2) is 4.98 Å². The Morgan fingerprint density at radius 1 is 1.11 bits per heavy atom. The van der Waals surface area contributed by atoms with Crippen molar-refractivity contribution in [1.82, 2.24) is 4.98 Å². The van der Waals surface area contributed by atoms with Crippen LogP contribution in [0.2, 0.25) is 5.02 Å². The normalized spacial score (nSPS) is 10.4. The lowest BCUT2D eigenvalue weighted by molar-refractivity contribution is -0.385. The summed E-state index contributed by atoms with van der Waals surface area (Å²) >= 11 is 5.77. The van der Waals surface area contributed by atoms with Gasteiger partial charge in [0.15, 0.2) is 0 Å². The van der Waals surface area contributed by atoms with Crippen molar-refractivity contribution in [2.24, 2.45) is 0 Å². The van der Waals surface area contributed by atoms with Gasteiger partial charge in [0.1, 0.15) is 11.3 Å². The molecule has 0 aliphatic heterocycles. The van der Waals surface area contributed by atoms with E-state index in [0.29, 0.717) is 17.3 Å². The highest BCUT2D eigenvalue weighted by atomic mass is 35.5. The van der Waals surface area contributed by atoms with Crippen molar-refractivity contribution in [3.63, 3.8) is 0 Å². The van der Waals surface area contributed by atoms with Crippen LogP contribution >= 0.6 is 11.6 Å². The number of carbonyl (C=O) groups excluding carboxylic acids is 1. The van der Waals surface area contributed by atoms with Crippen LogP contribution in [0, 0.1) is 24.0 Å². The maximum absolute atomic E-state index is 12.4. The molecule has 8 heteroatoms. The Hall–Kier alpha value is -3.45. The molecule has 0 aliphatic carbocycles. The summed E-state index contributed by atoms with van der Waals surface area (Å²) in [4.78, 5) is 27.0. The van der Waals surface area contributed by atoms with Gasteiger partial charge in [-0.1, -0.05) is 17.7 Å². The smallest absolute Gasteiger partial charge is 0.283 e. The number of aromatic nitrogens is 1. The van der Waals surface area contributed by atoms with Gasteiger partial charge >= 0.3 is 0 Å². The molecule has 2 aromatic carbocycles. The van der Waals surface area contributed by atoms with Gasteiger partial charge in [-0.2, -0.15) is 0 Å². The largest absolute Gasteiger partial charge is 0.439 e. The first-order valence-corrected chi connectivity index (χ1v) is 8.68. The summed E-state index contributed by atoms with van der Waals surface area (Å²) in [5.41, 5.74) is 2.18. The van der Waals surface area contributed by atoms with Crippen LogP contribution in [0.3, 0.4) is 0 Å². The van der Waals surface area contributed by atoms with Crippen LogP contribution in [0.15, 0.2) is 54.7 Å². The standard InChI is InChI=1S/C20H16ClN3O4/c1-12-3-6-16(9-13(12)2)28-19-8-5-15(11-22-19)23-20(25)17-7-4-14(21)10-18(17)24(26)27/h3-11H,1-2H3,(H,23,25). The molecule has 0 bridgehead atoms. The monoisotopic (exact) mass is 397 g/mol. The van der Waals surface area contributed by atoms with E-state index in [0.717, 1.165) is 17.2 Å². The molecule has 1 aromatic heterocycles. The lowest BCUT2D eigenvalue weighted by atomic mass is 10.1. The number of nitro groups is 1. The summed E-state index contributed by atoms with van der Waals surface area (Å²) in [6.07, 6.45) is 1.41. The summed E-state index contributed by atoms with van der Waals surface area (Å²) in [6.45, 7) is 4.00. The fraction of sp³-hybridized carbons (Fsp3) is 0.100. The Labute approximate surface area is 166 Å². The van der Waals surface area contributed by atoms with Crippen molar-refractivity contribution in [3.05, 3.63) is 86.6 Å². The highest BCUT2D eigenvalue weighted by molar-refractivity contribution is 6.31. The van der Waals surface area contributed by atoms with E-state index in [4.69, 9.17) is 16.3 Å². The van der Waals surface area contributed by atoms with Crippen molar-refractivity contribution in [2.45, 2.75) is 13.8 Å². The van der Waals surface area contributed by atoms with Crippen LogP contribution in [0.5, 0.6) is 11.6 Å². The SMILES string of the molecule is Cc1ccc(Oc2ccc(NC(=O)c3ccc(Cl)cc3[N+](=O)[O-])cn2)cc1C. The third-order valence-corrected chi connectivity index (χ3v) is 4.33. The Balaban J connectivity index is 1.73. The second-order valence-electron chi connectivity index (χ2n) is 6.11. The molecule has 7 nitrogen and oxygen atoms in total. The number of hydrogen-bond acceptors (Lipinski definition) is 5. The molecular weight excluding hydrogens is 382 g/mol. The van der Waals surface area contributed by atoms with Crippen molar-refractivity contribution >= 4 is 28.9 Å². The predicted octanol–water partition coefficient (Wildman–Crippen LogP) is 5.30. The number of nitro benzene ring substituents is 1.